The predicted octanol–water partition coefficient (Wildman–Crippen LogP) is 13.6. The smallest absolute Gasteiger partial charge is 0.249 e. The normalized spacial score (nSPS) is 15.2. The molecule has 0 aliphatic heterocycles. The first-order valence-electron chi connectivity index (χ1n) is 24.8. The standard InChI is InChI=1S/C54H93N3O3Si3/c1-16-28-43(37-52(13,22-7)23-8)34-46(31-19-4)61-40-55-49(58)56(41-62-47(32-20-5)35-44(29-17-2)38-53(14,24-9)25-10)51(60)57(50(55)59)42-63-48(33-21-6)36-45(30-18-3)39-54(15,26-11)27-12/h16-21,43-48H,1-6,22-42H2,7-15H3. The molecule has 1 aromatic rings. The third-order valence-corrected chi connectivity index (χ3v) is 19.8. The molecule has 0 aliphatic rings. The molecule has 6 radical (unpaired) electrons. The van der Waals surface area contributed by atoms with E-state index in [4.69, 9.17) is 0 Å². The van der Waals surface area contributed by atoms with Gasteiger partial charge in [-0.2, -0.15) is 0 Å². The van der Waals surface area contributed by atoms with E-state index < -0.39 is 17.1 Å². The predicted molar refractivity (Wildman–Crippen MR) is 281 cm³/mol. The van der Waals surface area contributed by atoms with Gasteiger partial charge in [0, 0.05) is 18.5 Å². The minimum absolute atomic E-state index is 0.263. The van der Waals surface area contributed by atoms with Crippen molar-refractivity contribution in [1.82, 2.24) is 13.7 Å². The minimum atomic E-state index is -0.467. The van der Waals surface area contributed by atoms with Crippen LogP contribution in [-0.4, -0.2) is 42.3 Å². The molecule has 1 aromatic heterocycles. The van der Waals surface area contributed by atoms with Gasteiger partial charge in [-0.3, -0.25) is 0 Å². The van der Waals surface area contributed by atoms with E-state index in [0.29, 0.717) is 64.8 Å². The average molecular weight is 917 g/mol. The van der Waals surface area contributed by atoms with Gasteiger partial charge >= 0.3 is 17.1 Å². The molecule has 63 heavy (non-hydrogen) atoms. The lowest BCUT2D eigenvalue weighted by Gasteiger charge is -2.33. The topological polar surface area (TPSA) is 66.0 Å². The van der Waals surface area contributed by atoms with Crippen LogP contribution in [0.2, 0.25) is 16.6 Å². The van der Waals surface area contributed by atoms with Crippen LogP contribution in [0.5, 0.6) is 0 Å². The Bertz CT molecular complexity index is 1470. The van der Waals surface area contributed by atoms with Crippen molar-refractivity contribution in [2.75, 3.05) is 0 Å². The van der Waals surface area contributed by atoms with Gasteiger partial charge in [0.05, 0.1) is 28.6 Å². The Morgan fingerprint density at radius 2 is 0.619 bits per heavy atom. The van der Waals surface area contributed by atoms with Crippen molar-refractivity contribution >= 4 is 28.6 Å². The lowest BCUT2D eigenvalue weighted by Crippen LogP contribution is -2.56. The molecule has 6 unspecified atom stereocenters. The maximum atomic E-state index is 14.6. The first kappa shape index (κ1) is 58.5. The van der Waals surface area contributed by atoms with Gasteiger partial charge in [-0.25, -0.2) is 28.1 Å². The van der Waals surface area contributed by atoms with Crippen LogP contribution in [0.25, 0.3) is 0 Å². The van der Waals surface area contributed by atoms with Crippen molar-refractivity contribution in [2.24, 2.45) is 34.0 Å². The molecular formula is C54H93N3O3Si3. The van der Waals surface area contributed by atoms with Gasteiger partial charge in [0.2, 0.25) is 0 Å². The molecule has 0 aromatic carbocycles. The first-order chi connectivity index (χ1) is 30.0. The van der Waals surface area contributed by atoms with Gasteiger partial charge in [-0.05, 0) is 128 Å². The highest BCUT2D eigenvalue weighted by molar-refractivity contribution is 6.37. The van der Waals surface area contributed by atoms with Crippen LogP contribution >= 0.6 is 0 Å². The highest BCUT2D eigenvalue weighted by Gasteiger charge is 2.30. The number of aromatic nitrogens is 3. The van der Waals surface area contributed by atoms with Crippen LogP contribution in [0, 0.1) is 34.0 Å². The summed E-state index contributed by atoms with van der Waals surface area (Å²) in [6, 6.07) is 0. The molecule has 0 saturated carbocycles. The summed E-state index contributed by atoms with van der Waals surface area (Å²) in [6.07, 6.45) is 31.4. The molecule has 0 fully saturated rings. The second-order valence-electron chi connectivity index (χ2n) is 19.9. The summed E-state index contributed by atoms with van der Waals surface area (Å²) in [5, 5.41) is 0. The van der Waals surface area contributed by atoms with E-state index >= 15 is 0 Å². The van der Waals surface area contributed by atoms with Crippen molar-refractivity contribution in [3.8, 4) is 0 Å². The molecule has 0 amide bonds. The molecule has 0 aliphatic carbocycles. The summed E-state index contributed by atoms with van der Waals surface area (Å²) >= 11 is 0. The van der Waals surface area contributed by atoms with Gasteiger partial charge in [0.1, 0.15) is 0 Å². The molecule has 9 heteroatoms. The Hall–Kier alpha value is -2.50. The number of hydrogen-bond acceptors (Lipinski definition) is 3. The van der Waals surface area contributed by atoms with Gasteiger partial charge in [-0.1, -0.05) is 137 Å². The van der Waals surface area contributed by atoms with E-state index in [1.54, 1.807) is 0 Å². The van der Waals surface area contributed by atoms with E-state index in [9.17, 15) is 14.4 Å². The van der Waals surface area contributed by atoms with E-state index in [2.05, 4.69) is 102 Å². The van der Waals surface area contributed by atoms with E-state index in [1.807, 2.05) is 36.5 Å². The molecule has 1 heterocycles. The summed E-state index contributed by atoms with van der Waals surface area (Å²) in [4.78, 5) is 43.7. The number of hydrogen-bond donors (Lipinski definition) is 0. The molecule has 6 atom stereocenters. The molecule has 0 N–H and O–H groups in total. The van der Waals surface area contributed by atoms with Gasteiger partial charge < -0.3 is 0 Å². The fourth-order valence-corrected chi connectivity index (χ4v) is 14.2. The molecular weight excluding hydrogens is 823 g/mol. The fourth-order valence-electron chi connectivity index (χ4n) is 9.55. The van der Waals surface area contributed by atoms with Crippen molar-refractivity contribution in [3.05, 3.63) is 107 Å². The van der Waals surface area contributed by atoms with Crippen LogP contribution in [0.4, 0.5) is 0 Å². The van der Waals surface area contributed by atoms with E-state index in [-0.39, 0.29) is 32.9 Å². The Morgan fingerprint density at radius 3 is 0.794 bits per heavy atom. The zero-order valence-corrected chi connectivity index (χ0v) is 45.1. The van der Waals surface area contributed by atoms with Crippen LogP contribution in [-0.2, 0) is 18.5 Å². The monoisotopic (exact) mass is 916 g/mol. The number of allylic oxidation sites excluding steroid dienone is 6. The molecule has 0 saturated heterocycles. The van der Waals surface area contributed by atoms with Crippen molar-refractivity contribution in [1.29, 1.82) is 0 Å². The average Bonchev–Trinajstić information content (AvgIpc) is 3.26. The lowest BCUT2D eigenvalue weighted by molar-refractivity contribution is 0.212. The van der Waals surface area contributed by atoms with Gasteiger partial charge in [0.15, 0.2) is 0 Å². The Labute approximate surface area is 394 Å². The second kappa shape index (κ2) is 30.7. The lowest BCUT2D eigenvalue weighted by atomic mass is 9.74. The van der Waals surface area contributed by atoms with Gasteiger partial charge in [0.25, 0.3) is 0 Å². The minimum Gasteiger partial charge on any atom is -0.249 e. The molecule has 0 bridgehead atoms. The van der Waals surface area contributed by atoms with Crippen molar-refractivity contribution < 1.29 is 0 Å². The quantitative estimate of drug-likeness (QED) is 0.0488. The molecule has 0 spiro atoms. The second-order valence-corrected chi connectivity index (χ2v) is 24.5. The number of nitrogens with zero attached hydrogens (tertiary/aromatic N) is 3. The summed E-state index contributed by atoms with van der Waals surface area (Å²) in [7, 11) is 1.01. The largest absolute Gasteiger partial charge is 0.335 e. The molecule has 354 valence electrons. The van der Waals surface area contributed by atoms with Crippen LogP contribution in [0.15, 0.2) is 90.3 Å². The summed E-state index contributed by atoms with van der Waals surface area (Å²) in [6.45, 7) is 45.5. The van der Waals surface area contributed by atoms with Gasteiger partial charge in [-0.15, -0.1) is 39.5 Å². The first-order valence-corrected chi connectivity index (χ1v) is 28.6. The Kier molecular flexibility index (Phi) is 28.5. The SMILES string of the molecule is C=CCC(CC(CC=C)[Si]Cn1c(=O)n(C[Si]C(CC=C)CC(CC=C)CC(C)(CC)CC)c(=O)n(C[Si]C(CC=C)CC(CC=C)CC(C)(CC)CC)c1=O)CC(C)(CC)CC. The van der Waals surface area contributed by atoms with E-state index in [1.165, 1.54) is 13.7 Å². The third kappa shape index (κ3) is 19.9. The highest BCUT2D eigenvalue weighted by Crippen LogP contribution is 2.41. The molecule has 1 rings (SSSR count). The van der Waals surface area contributed by atoms with Crippen LogP contribution < -0.4 is 17.1 Å². The zero-order valence-electron chi connectivity index (χ0n) is 42.1. The maximum absolute atomic E-state index is 14.6. The summed E-state index contributed by atoms with van der Waals surface area (Å²) in [5.74, 6) is 1.40. The van der Waals surface area contributed by atoms with Crippen molar-refractivity contribution in [3.63, 3.8) is 0 Å². The van der Waals surface area contributed by atoms with Crippen LogP contribution in [0.1, 0.15) is 178 Å². The van der Waals surface area contributed by atoms with Crippen LogP contribution in [0.3, 0.4) is 0 Å². The third-order valence-electron chi connectivity index (χ3n) is 15.2. The Balaban J connectivity index is 3.78. The summed E-state index contributed by atoms with van der Waals surface area (Å²) < 4.78 is 4.22. The highest BCUT2D eigenvalue weighted by atomic mass is 28.2. The zero-order chi connectivity index (χ0) is 47.6. The van der Waals surface area contributed by atoms with Crippen molar-refractivity contribution in [2.45, 2.75) is 213 Å². The summed E-state index contributed by atoms with van der Waals surface area (Å²) in [5.41, 5.74) is 0.223. The maximum Gasteiger partial charge on any atom is 0.335 e. The number of rotatable bonds is 39. The Morgan fingerprint density at radius 1 is 0.413 bits per heavy atom. The molecule has 6 nitrogen and oxygen atoms in total. The van der Waals surface area contributed by atoms with E-state index in [0.717, 1.165) is 116 Å². The fraction of sp³-hybridized carbons (Fsp3) is 0.722.